The third-order valence-corrected chi connectivity index (χ3v) is 6.44. The van der Waals surface area contributed by atoms with Gasteiger partial charge in [0.15, 0.2) is 10.9 Å². The molecule has 1 amide bonds. The number of halogens is 3. The van der Waals surface area contributed by atoms with E-state index in [9.17, 15) is 13.6 Å². The van der Waals surface area contributed by atoms with Gasteiger partial charge < -0.3 is 4.90 Å². The summed E-state index contributed by atoms with van der Waals surface area (Å²) < 4.78 is 28.5. The Morgan fingerprint density at radius 3 is 2.52 bits per heavy atom. The summed E-state index contributed by atoms with van der Waals surface area (Å²) in [6.07, 6.45) is 0. The van der Waals surface area contributed by atoms with Crippen molar-refractivity contribution in [3.05, 3.63) is 45.1 Å². The molecule has 144 valence electrons. The van der Waals surface area contributed by atoms with Gasteiger partial charge in [0.1, 0.15) is 11.3 Å². The number of nitrogens with zero attached hydrogens (tertiary/aromatic N) is 3. The molecule has 2 aromatic heterocycles. The van der Waals surface area contributed by atoms with E-state index >= 15 is 0 Å². The maximum atomic E-state index is 14.1. The van der Waals surface area contributed by atoms with E-state index < -0.39 is 11.6 Å². The van der Waals surface area contributed by atoms with Gasteiger partial charge in [0.05, 0.1) is 13.9 Å². The van der Waals surface area contributed by atoms with Gasteiger partial charge in [-0.25, -0.2) is 13.8 Å². The van der Waals surface area contributed by atoms with Gasteiger partial charge in [0.25, 0.3) is 5.91 Å². The molecule has 9 heteroatoms. The van der Waals surface area contributed by atoms with E-state index in [1.165, 1.54) is 22.3 Å². The first-order valence-electron chi connectivity index (χ1n) is 8.48. The molecule has 4 nitrogen and oxygen atoms in total. The fourth-order valence-corrected chi connectivity index (χ4v) is 4.71. The maximum absolute atomic E-state index is 14.1. The zero-order valence-corrected chi connectivity index (χ0v) is 17.2. The molecule has 27 heavy (non-hydrogen) atoms. The third kappa shape index (κ3) is 4.45. The molecule has 0 saturated carbocycles. The van der Waals surface area contributed by atoms with Crippen LogP contribution in [0.2, 0.25) is 4.34 Å². The van der Waals surface area contributed by atoms with Crippen LogP contribution in [0.15, 0.2) is 24.3 Å². The number of rotatable bonds is 7. The number of thiazole rings is 1. The lowest BCUT2D eigenvalue weighted by Crippen LogP contribution is -2.38. The molecular weight excluding hydrogens is 412 g/mol. The average Bonchev–Trinajstić information content (AvgIpc) is 3.25. The van der Waals surface area contributed by atoms with Crippen LogP contribution in [-0.2, 0) is 0 Å². The van der Waals surface area contributed by atoms with Crippen LogP contribution in [0.3, 0.4) is 0 Å². The summed E-state index contributed by atoms with van der Waals surface area (Å²) in [7, 11) is 0. The number of amides is 1. The Hall–Kier alpha value is -1.61. The zero-order valence-electron chi connectivity index (χ0n) is 14.8. The molecule has 0 spiro atoms. The van der Waals surface area contributed by atoms with Gasteiger partial charge in [0, 0.05) is 19.2 Å². The van der Waals surface area contributed by atoms with Crippen LogP contribution >= 0.6 is 34.3 Å². The van der Waals surface area contributed by atoms with Crippen LogP contribution in [0, 0.1) is 11.6 Å². The largest absolute Gasteiger partial charge is 0.302 e. The summed E-state index contributed by atoms with van der Waals surface area (Å²) in [5, 5.41) is 0.344. The Morgan fingerprint density at radius 2 is 1.89 bits per heavy atom. The molecule has 2 heterocycles. The first kappa shape index (κ1) is 20.1. The highest BCUT2D eigenvalue weighted by Crippen LogP contribution is 2.33. The summed E-state index contributed by atoms with van der Waals surface area (Å²) >= 11 is 8.24. The minimum absolute atomic E-state index is 0.0706. The summed E-state index contributed by atoms with van der Waals surface area (Å²) in [6.45, 7) is 6.83. The van der Waals surface area contributed by atoms with Gasteiger partial charge in [-0.1, -0.05) is 36.8 Å². The molecular formula is C18H18ClF2N3OS2. The van der Waals surface area contributed by atoms with Crippen LogP contribution in [0.4, 0.5) is 13.9 Å². The fraction of sp³-hybridized carbons (Fsp3) is 0.333. The second-order valence-electron chi connectivity index (χ2n) is 5.82. The molecule has 0 N–H and O–H groups in total. The molecule has 0 unspecified atom stereocenters. The van der Waals surface area contributed by atoms with E-state index in [2.05, 4.69) is 9.88 Å². The third-order valence-electron chi connectivity index (χ3n) is 4.20. The number of benzene rings is 1. The number of carbonyl (C=O) groups is 1. The van der Waals surface area contributed by atoms with E-state index in [0.717, 1.165) is 30.5 Å². The maximum Gasteiger partial charge on any atom is 0.270 e. The van der Waals surface area contributed by atoms with E-state index in [0.29, 0.717) is 32.1 Å². The van der Waals surface area contributed by atoms with Gasteiger partial charge in [-0.15, -0.1) is 11.3 Å². The highest BCUT2D eigenvalue weighted by atomic mass is 35.5. The first-order valence-corrected chi connectivity index (χ1v) is 10.5. The van der Waals surface area contributed by atoms with Gasteiger partial charge in [-0.2, -0.15) is 0 Å². The van der Waals surface area contributed by atoms with E-state index in [1.807, 2.05) is 13.8 Å². The molecule has 0 atom stereocenters. The Kier molecular flexibility index (Phi) is 6.41. The van der Waals surface area contributed by atoms with E-state index in [4.69, 9.17) is 11.6 Å². The minimum atomic E-state index is -0.734. The fourth-order valence-electron chi connectivity index (χ4n) is 2.69. The van der Waals surface area contributed by atoms with Crippen LogP contribution in [0.25, 0.3) is 10.2 Å². The number of likely N-dealkylation sites (N-methyl/N-ethyl adjacent to an activating group) is 1. The van der Waals surface area contributed by atoms with Gasteiger partial charge in [0.2, 0.25) is 0 Å². The van der Waals surface area contributed by atoms with Crippen molar-refractivity contribution in [1.29, 1.82) is 0 Å². The zero-order chi connectivity index (χ0) is 19.6. The lowest BCUT2D eigenvalue weighted by molar-refractivity contribution is 0.0987. The van der Waals surface area contributed by atoms with Crippen molar-refractivity contribution in [2.75, 3.05) is 31.1 Å². The van der Waals surface area contributed by atoms with Crippen molar-refractivity contribution < 1.29 is 13.6 Å². The molecule has 0 bridgehead atoms. The summed E-state index contributed by atoms with van der Waals surface area (Å²) in [5.41, 5.74) is 0.0706. The monoisotopic (exact) mass is 429 g/mol. The Bertz CT molecular complexity index is 955. The average molecular weight is 430 g/mol. The Morgan fingerprint density at radius 1 is 1.15 bits per heavy atom. The molecule has 0 aliphatic rings. The number of hydrogen-bond acceptors (Lipinski definition) is 5. The van der Waals surface area contributed by atoms with Crippen molar-refractivity contribution >= 4 is 55.5 Å². The highest BCUT2D eigenvalue weighted by molar-refractivity contribution is 7.22. The Labute approximate surface area is 169 Å². The lowest BCUT2D eigenvalue weighted by atomic mass is 10.3. The number of hydrogen-bond donors (Lipinski definition) is 0. The molecule has 3 rings (SSSR count). The minimum Gasteiger partial charge on any atom is -0.302 e. The van der Waals surface area contributed by atoms with Crippen molar-refractivity contribution in [2.24, 2.45) is 0 Å². The van der Waals surface area contributed by atoms with Crippen LogP contribution in [0.5, 0.6) is 0 Å². The van der Waals surface area contributed by atoms with Crippen LogP contribution in [-0.4, -0.2) is 42.0 Å². The van der Waals surface area contributed by atoms with Crippen LogP contribution < -0.4 is 4.90 Å². The smallest absolute Gasteiger partial charge is 0.270 e. The van der Waals surface area contributed by atoms with Gasteiger partial charge >= 0.3 is 0 Å². The number of anilines is 1. The highest BCUT2D eigenvalue weighted by Gasteiger charge is 2.24. The standard InChI is InChI=1S/C18H18ClF2N3OS2/c1-3-23(4-2)7-8-24(17(25)13-5-6-15(19)26-13)18-22-16-12(21)9-11(20)10-14(16)27-18/h5-6,9-10H,3-4,7-8H2,1-2H3. The Balaban J connectivity index is 1.98. The van der Waals surface area contributed by atoms with Gasteiger partial charge in [-0.05, 0) is 31.3 Å². The van der Waals surface area contributed by atoms with Crippen molar-refractivity contribution in [3.63, 3.8) is 0 Å². The molecule has 0 aliphatic carbocycles. The normalized spacial score (nSPS) is 11.5. The summed E-state index contributed by atoms with van der Waals surface area (Å²) in [5.74, 6) is -1.65. The van der Waals surface area contributed by atoms with Crippen molar-refractivity contribution in [3.8, 4) is 0 Å². The SMILES string of the molecule is CCN(CC)CCN(C(=O)c1ccc(Cl)s1)c1nc2c(F)cc(F)cc2s1. The molecule has 0 aliphatic heterocycles. The first-order chi connectivity index (χ1) is 12.9. The second kappa shape index (κ2) is 8.60. The molecule has 0 fully saturated rings. The van der Waals surface area contributed by atoms with Crippen molar-refractivity contribution in [2.45, 2.75) is 13.8 Å². The number of thiophene rings is 1. The summed E-state index contributed by atoms with van der Waals surface area (Å²) in [4.78, 5) is 21.5. The number of carbonyl (C=O) groups excluding carboxylic acids is 1. The van der Waals surface area contributed by atoms with Crippen LogP contribution in [0.1, 0.15) is 23.5 Å². The molecule has 0 saturated heterocycles. The molecule has 3 aromatic rings. The van der Waals surface area contributed by atoms with E-state index in [1.54, 1.807) is 12.1 Å². The predicted octanol–water partition coefficient (Wildman–Crippen LogP) is 5.28. The second-order valence-corrected chi connectivity index (χ2v) is 8.54. The quantitative estimate of drug-likeness (QED) is 0.512. The molecule has 1 aromatic carbocycles. The predicted molar refractivity (Wildman–Crippen MR) is 108 cm³/mol. The summed E-state index contributed by atoms with van der Waals surface area (Å²) in [6, 6.07) is 5.35. The lowest BCUT2D eigenvalue weighted by Gasteiger charge is -2.24. The topological polar surface area (TPSA) is 36.4 Å². The van der Waals surface area contributed by atoms with Crippen molar-refractivity contribution in [1.82, 2.24) is 9.88 Å². The molecule has 0 radical (unpaired) electrons. The number of aromatic nitrogens is 1. The number of fused-ring (bicyclic) bond motifs is 1. The van der Waals surface area contributed by atoms with Gasteiger partial charge in [-0.3, -0.25) is 9.69 Å². The van der Waals surface area contributed by atoms with E-state index in [-0.39, 0.29) is 11.4 Å².